The lowest BCUT2D eigenvalue weighted by Gasteiger charge is -2.29. The van der Waals surface area contributed by atoms with Gasteiger partial charge in [-0.25, -0.2) is 0 Å². The lowest BCUT2D eigenvalue weighted by atomic mass is 10.1. The summed E-state index contributed by atoms with van der Waals surface area (Å²) in [5.41, 5.74) is 1.77. The van der Waals surface area contributed by atoms with Crippen LogP contribution in [0.3, 0.4) is 0 Å². The van der Waals surface area contributed by atoms with Crippen LogP contribution in [0, 0.1) is 0 Å². The molecule has 3 aromatic rings. The molecule has 1 amide bonds. The normalized spacial score (nSPS) is 15.5. The number of carbonyl (C=O) groups excluding carboxylic acids is 1. The number of hydrogen-bond acceptors (Lipinski definition) is 6. The van der Waals surface area contributed by atoms with Gasteiger partial charge in [-0.3, -0.25) is 4.79 Å². The highest BCUT2D eigenvalue weighted by atomic mass is 32.2. The van der Waals surface area contributed by atoms with Gasteiger partial charge < -0.3 is 14.1 Å². The van der Waals surface area contributed by atoms with Gasteiger partial charge in [-0.2, -0.15) is 0 Å². The van der Waals surface area contributed by atoms with Crippen LogP contribution in [0.4, 0.5) is 0 Å². The molecule has 27 heavy (non-hydrogen) atoms. The second-order valence-corrected chi connectivity index (χ2v) is 7.14. The van der Waals surface area contributed by atoms with Gasteiger partial charge in [0.25, 0.3) is 5.22 Å². The third kappa shape index (κ3) is 4.20. The standard InChI is InChI=1S/C20H19N3O3S/c24-19(23-11-13-25-14-12-23)17(15-7-3-1-4-8-15)27-20-22-21-18(26-20)16-9-5-2-6-10-16/h1-10,17H,11-14H2/t17-/m1/s1. The van der Waals surface area contributed by atoms with Crippen molar-refractivity contribution in [2.24, 2.45) is 0 Å². The van der Waals surface area contributed by atoms with Gasteiger partial charge in [-0.1, -0.05) is 48.5 Å². The SMILES string of the molecule is O=C([C@H](Sc1nnc(-c2ccccc2)o1)c1ccccc1)N1CCOCC1. The zero-order valence-corrected chi connectivity index (χ0v) is 15.5. The van der Waals surface area contributed by atoms with Gasteiger partial charge in [-0.05, 0) is 29.5 Å². The summed E-state index contributed by atoms with van der Waals surface area (Å²) in [6, 6.07) is 19.3. The maximum atomic E-state index is 13.1. The summed E-state index contributed by atoms with van der Waals surface area (Å²) in [5, 5.41) is 8.20. The van der Waals surface area contributed by atoms with E-state index in [1.54, 1.807) is 0 Å². The van der Waals surface area contributed by atoms with Crippen molar-refractivity contribution in [2.75, 3.05) is 26.3 Å². The molecule has 7 heteroatoms. The number of morpholine rings is 1. The first-order valence-corrected chi connectivity index (χ1v) is 9.66. The number of hydrogen-bond donors (Lipinski definition) is 0. The first kappa shape index (κ1) is 17.8. The molecular weight excluding hydrogens is 362 g/mol. The highest BCUT2D eigenvalue weighted by molar-refractivity contribution is 8.00. The van der Waals surface area contributed by atoms with Crippen molar-refractivity contribution in [1.29, 1.82) is 0 Å². The molecule has 1 atom stereocenters. The molecule has 0 bridgehead atoms. The van der Waals surface area contributed by atoms with Gasteiger partial charge >= 0.3 is 0 Å². The van der Waals surface area contributed by atoms with Crippen molar-refractivity contribution in [3.8, 4) is 11.5 Å². The topological polar surface area (TPSA) is 68.5 Å². The molecule has 0 saturated carbocycles. The average Bonchev–Trinajstić information content (AvgIpc) is 3.22. The Hall–Kier alpha value is -2.64. The molecule has 0 spiro atoms. The van der Waals surface area contributed by atoms with Crippen LogP contribution in [0.5, 0.6) is 0 Å². The van der Waals surface area contributed by atoms with E-state index in [0.717, 1.165) is 11.1 Å². The lowest BCUT2D eigenvalue weighted by Crippen LogP contribution is -2.42. The minimum absolute atomic E-state index is 0.0361. The number of benzene rings is 2. The number of thioether (sulfide) groups is 1. The summed E-state index contributed by atoms with van der Waals surface area (Å²) < 4.78 is 11.2. The Labute approximate surface area is 161 Å². The quantitative estimate of drug-likeness (QED) is 0.631. The van der Waals surface area contributed by atoms with E-state index >= 15 is 0 Å². The van der Waals surface area contributed by atoms with Crippen LogP contribution in [-0.2, 0) is 9.53 Å². The summed E-state index contributed by atoms with van der Waals surface area (Å²) in [6.45, 7) is 2.33. The number of nitrogens with zero attached hydrogens (tertiary/aromatic N) is 3. The van der Waals surface area contributed by atoms with Crippen LogP contribution >= 0.6 is 11.8 Å². The van der Waals surface area contributed by atoms with Crippen LogP contribution in [0.2, 0.25) is 0 Å². The van der Waals surface area contributed by atoms with Gasteiger partial charge in [0, 0.05) is 18.7 Å². The molecule has 1 saturated heterocycles. The minimum Gasteiger partial charge on any atom is -0.411 e. The molecule has 6 nitrogen and oxygen atoms in total. The highest BCUT2D eigenvalue weighted by Gasteiger charge is 2.30. The Morgan fingerprint density at radius 2 is 1.63 bits per heavy atom. The predicted octanol–water partition coefficient (Wildman–Crippen LogP) is 3.43. The first-order valence-electron chi connectivity index (χ1n) is 8.78. The molecule has 1 aliphatic rings. The molecular formula is C20H19N3O3S. The van der Waals surface area contributed by atoms with E-state index in [9.17, 15) is 4.79 Å². The maximum absolute atomic E-state index is 13.1. The number of ether oxygens (including phenoxy) is 1. The van der Waals surface area contributed by atoms with E-state index in [-0.39, 0.29) is 5.91 Å². The molecule has 4 rings (SSSR count). The van der Waals surface area contributed by atoms with Gasteiger partial charge in [0.2, 0.25) is 11.8 Å². The second-order valence-electron chi connectivity index (χ2n) is 6.09. The zero-order chi connectivity index (χ0) is 18.5. The van der Waals surface area contributed by atoms with Crippen molar-refractivity contribution >= 4 is 17.7 Å². The summed E-state index contributed by atoms with van der Waals surface area (Å²) in [5.74, 6) is 0.484. The van der Waals surface area contributed by atoms with Crippen molar-refractivity contribution in [3.63, 3.8) is 0 Å². The zero-order valence-electron chi connectivity index (χ0n) is 14.7. The van der Waals surface area contributed by atoms with E-state index in [2.05, 4.69) is 10.2 Å². The number of aromatic nitrogens is 2. The molecule has 1 aliphatic heterocycles. The highest BCUT2D eigenvalue weighted by Crippen LogP contribution is 2.37. The largest absolute Gasteiger partial charge is 0.411 e. The fourth-order valence-corrected chi connectivity index (χ4v) is 3.85. The number of rotatable bonds is 5. The summed E-state index contributed by atoms with van der Waals surface area (Å²) in [6.07, 6.45) is 0. The van der Waals surface area contributed by atoms with Crippen LogP contribution in [0.1, 0.15) is 10.8 Å². The fourth-order valence-electron chi connectivity index (χ4n) is 2.89. The van der Waals surface area contributed by atoms with E-state index < -0.39 is 5.25 Å². The predicted molar refractivity (Wildman–Crippen MR) is 102 cm³/mol. The van der Waals surface area contributed by atoms with Crippen molar-refractivity contribution in [1.82, 2.24) is 15.1 Å². The molecule has 138 valence electrons. The van der Waals surface area contributed by atoms with Gasteiger partial charge in [0.1, 0.15) is 5.25 Å². The smallest absolute Gasteiger partial charge is 0.277 e. The minimum atomic E-state index is -0.437. The van der Waals surface area contributed by atoms with E-state index in [4.69, 9.17) is 9.15 Å². The van der Waals surface area contributed by atoms with Gasteiger partial charge in [0.15, 0.2) is 0 Å². The van der Waals surface area contributed by atoms with Crippen LogP contribution in [0.25, 0.3) is 11.5 Å². The molecule has 0 unspecified atom stereocenters. The number of carbonyl (C=O) groups is 1. The van der Waals surface area contributed by atoms with Gasteiger partial charge in [0.05, 0.1) is 13.2 Å². The van der Waals surface area contributed by atoms with Crippen LogP contribution in [0.15, 0.2) is 70.3 Å². The van der Waals surface area contributed by atoms with E-state index in [1.807, 2.05) is 65.6 Å². The Morgan fingerprint density at radius 1 is 0.963 bits per heavy atom. The second kappa shape index (κ2) is 8.37. The summed E-state index contributed by atoms with van der Waals surface area (Å²) in [4.78, 5) is 15.0. The van der Waals surface area contributed by atoms with Crippen LogP contribution in [-0.4, -0.2) is 47.3 Å². The monoisotopic (exact) mass is 381 g/mol. The number of amides is 1. The molecule has 0 aliphatic carbocycles. The first-order chi connectivity index (χ1) is 13.3. The van der Waals surface area contributed by atoms with Crippen molar-refractivity contribution in [2.45, 2.75) is 10.5 Å². The summed E-state index contributed by atoms with van der Waals surface area (Å²) in [7, 11) is 0. The molecule has 2 heterocycles. The lowest BCUT2D eigenvalue weighted by molar-refractivity contribution is -0.134. The molecule has 0 radical (unpaired) electrons. The van der Waals surface area contributed by atoms with Crippen molar-refractivity contribution in [3.05, 3.63) is 66.2 Å². The fraction of sp³-hybridized carbons (Fsp3) is 0.250. The van der Waals surface area contributed by atoms with Crippen molar-refractivity contribution < 1.29 is 13.9 Å². The molecule has 1 aromatic heterocycles. The molecule has 1 fully saturated rings. The third-order valence-corrected chi connectivity index (χ3v) is 5.37. The Morgan fingerprint density at radius 3 is 2.33 bits per heavy atom. The molecule has 0 N–H and O–H groups in total. The maximum Gasteiger partial charge on any atom is 0.277 e. The van der Waals surface area contributed by atoms with E-state index in [1.165, 1.54) is 11.8 Å². The van der Waals surface area contributed by atoms with E-state index in [0.29, 0.717) is 37.4 Å². The average molecular weight is 381 g/mol. The Balaban J connectivity index is 1.58. The summed E-state index contributed by atoms with van der Waals surface area (Å²) >= 11 is 1.29. The van der Waals surface area contributed by atoms with Gasteiger partial charge in [-0.15, -0.1) is 10.2 Å². The molecule has 2 aromatic carbocycles. The third-order valence-electron chi connectivity index (χ3n) is 4.30. The van der Waals surface area contributed by atoms with Crippen LogP contribution < -0.4 is 0 Å². The Bertz CT molecular complexity index is 880. The Kier molecular flexibility index (Phi) is 5.50.